The average molecular weight is 421 g/mol. The zero-order valence-electron chi connectivity index (χ0n) is 18.2. The number of hydrogen-bond acceptors (Lipinski definition) is 4. The molecule has 1 aliphatic rings. The number of anilines is 1. The molecule has 0 radical (unpaired) electrons. The minimum atomic E-state index is -2.49. The van der Waals surface area contributed by atoms with E-state index in [0.717, 1.165) is 17.2 Å². The summed E-state index contributed by atoms with van der Waals surface area (Å²) in [5.41, 5.74) is 1.24. The molecule has 30 heavy (non-hydrogen) atoms. The Hall–Kier alpha value is -2.64. The van der Waals surface area contributed by atoms with Gasteiger partial charge in [0, 0.05) is 43.5 Å². The van der Waals surface area contributed by atoms with Gasteiger partial charge in [0.2, 0.25) is 0 Å². The minimum Gasteiger partial charge on any atom is -0.444 e. The molecule has 0 saturated carbocycles. The molecule has 3 rings (SSSR count). The van der Waals surface area contributed by atoms with Crippen molar-refractivity contribution in [1.29, 1.82) is 0 Å². The second kappa shape index (κ2) is 8.62. The summed E-state index contributed by atoms with van der Waals surface area (Å²) >= 11 is 0. The van der Waals surface area contributed by atoms with Crippen molar-refractivity contribution in [3.05, 3.63) is 41.6 Å². The topological polar surface area (TPSA) is 50.6 Å². The fourth-order valence-corrected chi connectivity index (χ4v) is 3.36. The number of aromatic nitrogens is 2. The Morgan fingerprint density at radius 1 is 1.07 bits per heavy atom. The van der Waals surface area contributed by atoms with E-state index >= 15 is 0 Å². The molecule has 1 fully saturated rings. The summed E-state index contributed by atoms with van der Waals surface area (Å²) < 4.78 is 33.0. The van der Waals surface area contributed by atoms with Crippen LogP contribution < -0.4 is 4.90 Å². The summed E-state index contributed by atoms with van der Waals surface area (Å²) in [6, 6.07) is 8.25. The van der Waals surface area contributed by atoms with Crippen molar-refractivity contribution in [3.8, 4) is 5.69 Å². The molecule has 1 aliphatic heterocycles. The molecule has 8 heteroatoms. The van der Waals surface area contributed by atoms with Crippen LogP contribution >= 0.6 is 0 Å². The molecule has 0 unspecified atom stereocenters. The smallest absolute Gasteiger partial charge is 0.410 e. The van der Waals surface area contributed by atoms with Gasteiger partial charge in [-0.3, -0.25) is 0 Å². The van der Waals surface area contributed by atoms with Gasteiger partial charge in [-0.2, -0.15) is 5.10 Å². The first-order valence-electron chi connectivity index (χ1n) is 10.3. The average Bonchev–Trinajstić information content (AvgIpc) is 3.12. The van der Waals surface area contributed by atoms with Crippen LogP contribution in [0.3, 0.4) is 0 Å². The third-order valence-corrected chi connectivity index (χ3v) is 4.96. The summed E-state index contributed by atoms with van der Waals surface area (Å²) in [4.78, 5) is 16.1. The Kier molecular flexibility index (Phi) is 6.33. The highest BCUT2D eigenvalue weighted by Gasteiger charge is 2.27. The lowest BCUT2D eigenvalue weighted by atomic mass is 10.1. The number of amides is 1. The normalized spacial score (nSPS) is 15.2. The molecule has 1 saturated heterocycles. The van der Waals surface area contributed by atoms with E-state index < -0.39 is 12.0 Å². The first-order valence-corrected chi connectivity index (χ1v) is 10.3. The SMILES string of the molecule is CC(C)c1cc(N2CCN(C(=O)OC(C)(C)C)CC2)nn1-c1ccc(C(F)F)cc1. The molecule has 1 aromatic heterocycles. The van der Waals surface area contributed by atoms with Crippen LogP contribution in [0.2, 0.25) is 0 Å². The minimum absolute atomic E-state index is 0.00417. The maximum absolute atomic E-state index is 12.9. The predicted molar refractivity (Wildman–Crippen MR) is 113 cm³/mol. The van der Waals surface area contributed by atoms with Crippen LogP contribution in [0.15, 0.2) is 30.3 Å². The number of hydrogen-bond donors (Lipinski definition) is 0. The number of carbonyl (C=O) groups excluding carboxylic acids is 1. The first-order chi connectivity index (χ1) is 14.0. The summed E-state index contributed by atoms with van der Waals surface area (Å²) in [7, 11) is 0. The molecule has 0 spiro atoms. The molecule has 0 bridgehead atoms. The van der Waals surface area contributed by atoms with Crippen LogP contribution in [0.4, 0.5) is 19.4 Å². The fraction of sp³-hybridized carbons (Fsp3) is 0.545. The van der Waals surface area contributed by atoms with Gasteiger partial charge in [0.15, 0.2) is 5.82 Å². The lowest BCUT2D eigenvalue weighted by Crippen LogP contribution is -2.50. The Morgan fingerprint density at radius 3 is 2.17 bits per heavy atom. The van der Waals surface area contributed by atoms with E-state index in [4.69, 9.17) is 9.84 Å². The molecule has 0 atom stereocenters. The quantitative estimate of drug-likeness (QED) is 0.699. The summed E-state index contributed by atoms with van der Waals surface area (Å²) in [6.45, 7) is 12.1. The zero-order chi connectivity index (χ0) is 22.1. The van der Waals surface area contributed by atoms with Crippen molar-refractivity contribution in [2.24, 2.45) is 0 Å². The third-order valence-electron chi connectivity index (χ3n) is 4.96. The van der Waals surface area contributed by atoms with Gasteiger partial charge in [-0.25, -0.2) is 18.3 Å². The van der Waals surface area contributed by atoms with Crippen LogP contribution in [0.5, 0.6) is 0 Å². The van der Waals surface area contributed by atoms with E-state index in [1.54, 1.807) is 17.0 Å². The first kappa shape index (κ1) is 22.1. The number of nitrogens with zero attached hydrogens (tertiary/aromatic N) is 4. The van der Waals surface area contributed by atoms with E-state index in [9.17, 15) is 13.6 Å². The van der Waals surface area contributed by atoms with Gasteiger partial charge in [0.25, 0.3) is 6.43 Å². The molecule has 2 aromatic rings. The second-order valence-corrected chi connectivity index (χ2v) is 8.84. The summed E-state index contributed by atoms with van der Waals surface area (Å²) in [5.74, 6) is 1.03. The van der Waals surface area contributed by atoms with Crippen molar-refractivity contribution in [2.45, 2.75) is 52.6 Å². The largest absolute Gasteiger partial charge is 0.444 e. The number of benzene rings is 1. The molecule has 0 aliphatic carbocycles. The molecule has 1 aromatic carbocycles. The highest BCUT2D eigenvalue weighted by molar-refractivity contribution is 5.68. The number of alkyl halides is 2. The van der Waals surface area contributed by atoms with Gasteiger partial charge < -0.3 is 14.5 Å². The highest BCUT2D eigenvalue weighted by atomic mass is 19.3. The molecule has 2 heterocycles. The van der Waals surface area contributed by atoms with Crippen molar-refractivity contribution < 1.29 is 18.3 Å². The van der Waals surface area contributed by atoms with Crippen LogP contribution in [-0.4, -0.2) is 52.6 Å². The highest BCUT2D eigenvalue weighted by Crippen LogP contribution is 2.27. The molecular formula is C22H30F2N4O2. The number of carbonyl (C=O) groups is 1. The number of ether oxygens (including phenoxy) is 1. The lowest BCUT2D eigenvalue weighted by Gasteiger charge is -2.35. The van der Waals surface area contributed by atoms with Crippen LogP contribution in [-0.2, 0) is 4.74 Å². The van der Waals surface area contributed by atoms with Gasteiger partial charge in [-0.1, -0.05) is 26.0 Å². The Balaban J connectivity index is 1.75. The maximum Gasteiger partial charge on any atom is 0.410 e. The third kappa shape index (κ3) is 5.09. The summed E-state index contributed by atoms with van der Waals surface area (Å²) in [5, 5.41) is 4.75. The van der Waals surface area contributed by atoms with Gasteiger partial charge in [-0.05, 0) is 38.8 Å². The molecule has 0 N–H and O–H groups in total. The van der Waals surface area contributed by atoms with Crippen molar-refractivity contribution >= 4 is 11.9 Å². The molecule has 164 valence electrons. The Labute approximate surface area is 176 Å². The second-order valence-electron chi connectivity index (χ2n) is 8.84. The van der Waals surface area contributed by atoms with E-state index in [-0.39, 0.29) is 17.6 Å². The van der Waals surface area contributed by atoms with Crippen LogP contribution in [0, 0.1) is 0 Å². The van der Waals surface area contributed by atoms with E-state index in [1.165, 1.54) is 12.1 Å². The van der Waals surface area contributed by atoms with Crippen molar-refractivity contribution in [2.75, 3.05) is 31.1 Å². The predicted octanol–water partition coefficient (Wildman–Crippen LogP) is 4.99. The van der Waals surface area contributed by atoms with Gasteiger partial charge >= 0.3 is 6.09 Å². The number of rotatable bonds is 4. The van der Waals surface area contributed by atoms with Gasteiger partial charge in [0.1, 0.15) is 5.60 Å². The summed E-state index contributed by atoms with van der Waals surface area (Å²) in [6.07, 6.45) is -2.78. The van der Waals surface area contributed by atoms with Crippen LogP contribution in [0.25, 0.3) is 5.69 Å². The molecule has 1 amide bonds. The van der Waals surface area contributed by atoms with Gasteiger partial charge in [-0.15, -0.1) is 0 Å². The zero-order valence-corrected chi connectivity index (χ0v) is 18.2. The Morgan fingerprint density at radius 2 is 1.67 bits per heavy atom. The maximum atomic E-state index is 12.9. The lowest BCUT2D eigenvalue weighted by molar-refractivity contribution is 0.0240. The van der Waals surface area contributed by atoms with Crippen molar-refractivity contribution in [3.63, 3.8) is 0 Å². The van der Waals surface area contributed by atoms with E-state index in [2.05, 4.69) is 18.7 Å². The standard InChI is InChI=1S/C22H30F2N4O2/c1-15(2)18-14-19(25-28(18)17-8-6-16(7-9-17)20(23)24)26-10-12-27(13-11-26)21(29)30-22(3,4)5/h6-9,14-15,20H,10-13H2,1-5H3. The van der Waals surface area contributed by atoms with Crippen molar-refractivity contribution in [1.82, 2.24) is 14.7 Å². The fourth-order valence-electron chi connectivity index (χ4n) is 3.36. The number of halogens is 2. The Bertz CT molecular complexity index is 864. The van der Waals surface area contributed by atoms with Gasteiger partial charge in [0.05, 0.1) is 5.69 Å². The monoisotopic (exact) mass is 420 g/mol. The molecule has 6 nitrogen and oxygen atoms in total. The number of piperazine rings is 1. The molecular weight excluding hydrogens is 390 g/mol. The van der Waals surface area contributed by atoms with E-state index in [0.29, 0.717) is 26.2 Å². The van der Waals surface area contributed by atoms with E-state index in [1.807, 2.05) is 31.5 Å². The van der Waals surface area contributed by atoms with Crippen LogP contribution in [0.1, 0.15) is 58.2 Å².